The van der Waals surface area contributed by atoms with E-state index in [1.807, 2.05) is 56.3 Å². The lowest BCUT2D eigenvalue weighted by molar-refractivity contribution is -0.138. The summed E-state index contributed by atoms with van der Waals surface area (Å²) in [4.78, 5) is 26.3. The van der Waals surface area contributed by atoms with Crippen molar-refractivity contribution < 1.29 is 9.59 Å². The van der Waals surface area contributed by atoms with E-state index in [9.17, 15) is 9.59 Å². The van der Waals surface area contributed by atoms with Gasteiger partial charge in [0.2, 0.25) is 11.8 Å². The van der Waals surface area contributed by atoms with Gasteiger partial charge in [-0.25, -0.2) is 0 Å². The molecule has 26 heavy (non-hydrogen) atoms. The van der Waals surface area contributed by atoms with Crippen molar-refractivity contribution in [3.05, 3.63) is 64.2 Å². The zero-order valence-electron chi connectivity index (χ0n) is 14.9. The van der Waals surface area contributed by atoms with Crippen LogP contribution >= 0.6 is 11.6 Å². The molecule has 1 unspecified atom stereocenters. The van der Waals surface area contributed by atoms with Crippen molar-refractivity contribution in [3.8, 4) is 0 Å². The van der Waals surface area contributed by atoms with Gasteiger partial charge < -0.3 is 10.2 Å². The Morgan fingerprint density at radius 1 is 1.23 bits per heavy atom. The highest BCUT2D eigenvalue weighted by Gasteiger charge is 2.27. The van der Waals surface area contributed by atoms with E-state index in [0.717, 1.165) is 22.4 Å². The maximum atomic E-state index is 12.4. The average molecular weight is 372 g/mol. The maximum Gasteiger partial charge on any atom is 0.244 e. The van der Waals surface area contributed by atoms with Gasteiger partial charge in [-0.15, -0.1) is 0 Å². The zero-order valence-corrected chi connectivity index (χ0v) is 15.6. The molecule has 1 heterocycles. The summed E-state index contributed by atoms with van der Waals surface area (Å²) in [6, 6.07) is 13.2. The van der Waals surface area contributed by atoms with Crippen LogP contribution in [-0.4, -0.2) is 29.9 Å². The van der Waals surface area contributed by atoms with Crippen molar-refractivity contribution >= 4 is 29.1 Å². The van der Waals surface area contributed by atoms with Crippen LogP contribution in [0.4, 0.5) is 5.69 Å². The van der Waals surface area contributed by atoms with Gasteiger partial charge in [0, 0.05) is 23.2 Å². The Morgan fingerprint density at radius 2 is 1.96 bits per heavy atom. The Bertz CT molecular complexity index is 820. The number of nitrogens with one attached hydrogen (secondary N) is 2. The van der Waals surface area contributed by atoms with Gasteiger partial charge in [0.15, 0.2) is 0 Å². The number of carbonyl (C=O) groups is 2. The largest absolute Gasteiger partial charge is 0.324 e. The Balaban J connectivity index is 1.57. The van der Waals surface area contributed by atoms with Gasteiger partial charge in [0.1, 0.15) is 6.54 Å². The van der Waals surface area contributed by atoms with Crippen LogP contribution in [-0.2, 0) is 9.59 Å². The maximum absolute atomic E-state index is 12.4. The highest BCUT2D eigenvalue weighted by Crippen LogP contribution is 2.23. The molecule has 3 rings (SSSR count). The minimum absolute atomic E-state index is 0.0342. The first kappa shape index (κ1) is 18.4. The lowest BCUT2D eigenvalue weighted by Gasteiger charge is -2.32. The molecule has 0 spiro atoms. The Hall–Kier alpha value is -2.37. The van der Waals surface area contributed by atoms with Crippen molar-refractivity contribution in [3.63, 3.8) is 0 Å². The monoisotopic (exact) mass is 371 g/mol. The Kier molecular flexibility index (Phi) is 5.59. The first-order valence-corrected chi connectivity index (χ1v) is 8.94. The number of benzene rings is 2. The molecule has 2 amide bonds. The van der Waals surface area contributed by atoms with Crippen LogP contribution in [0.25, 0.3) is 0 Å². The fourth-order valence-electron chi connectivity index (χ4n) is 3.08. The second-order valence-electron chi connectivity index (χ2n) is 6.63. The Labute approximate surface area is 158 Å². The summed E-state index contributed by atoms with van der Waals surface area (Å²) >= 11 is 5.91. The fraction of sp³-hybridized carbons (Fsp3) is 0.300. The minimum Gasteiger partial charge on any atom is -0.324 e. The SMILES string of the molecule is Cc1ccc(NC(=O)CN2CNC(c3ccc(Cl)cc3)CC2=O)c(C)c1. The Morgan fingerprint density at radius 3 is 2.62 bits per heavy atom. The first-order valence-electron chi connectivity index (χ1n) is 8.56. The van der Waals surface area contributed by atoms with Crippen molar-refractivity contribution in [2.45, 2.75) is 26.3 Å². The molecule has 0 radical (unpaired) electrons. The van der Waals surface area contributed by atoms with E-state index in [4.69, 9.17) is 11.6 Å². The number of anilines is 1. The molecule has 2 aromatic rings. The summed E-state index contributed by atoms with van der Waals surface area (Å²) in [6.07, 6.45) is 0.318. The number of halogens is 1. The number of hydrogen-bond acceptors (Lipinski definition) is 3. The second kappa shape index (κ2) is 7.89. The number of amides is 2. The predicted octanol–water partition coefficient (Wildman–Crippen LogP) is 3.42. The van der Waals surface area contributed by atoms with Crippen LogP contribution in [0.3, 0.4) is 0 Å². The van der Waals surface area contributed by atoms with E-state index in [-0.39, 0.29) is 24.4 Å². The van der Waals surface area contributed by atoms with Crippen molar-refractivity contribution in [2.75, 3.05) is 18.5 Å². The van der Waals surface area contributed by atoms with Crippen molar-refractivity contribution in [1.82, 2.24) is 10.2 Å². The van der Waals surface area contributed by atoms with Gasteiger partial charge in [0.25, 0.3) is 0 Å². The van der Waals surface area contributed by atoms with Gasteiger partial charge in [-0.1, -0.05) is 41.4 Å². The summed E-state index contributed by atoms with van der Waals surface area (Å²) in [5.74, 6) is -0.239. The molecule has 1 atom stereocenters. The molecule has 1 saturated heterocycles. The molecule has 2 N–H and O–H groups in total. The molecule has 6 heteroatoms. The molecule has 2 aromatic carbocycles. The normalized spacial score (nSPS) is 17.3. The van der Waals surface area contributed by atoms with Gasteiger partial charge in [-0.05, 0) is 43.2 Å². The highest BCUT2D eigenvalue weighted by atomic mass is 35.5. The topological polar surface area (TPSA) is 61.4 Å². The summed E-state index contributed by atoms with van der Waals surface area (Å²) in [5, 5.41) is 6.85. The summed E-state index contributed by atoms with van der Waals surface area (Å²) in [6.45, 7) is 4.33. The minimum atomic E-state index is -0.197. The van der Waals surface area contributed by atoms with Gasteiger partial charge >= 0.3 is 0 Å². The number of carbonyl (C=O) groups excluding carboxylic acids is 2. The molecular weight excluding hydrogens is 350 g/mol. The van der Waals surface area contributed by atoms with E-state index < -0.39 is 0 Å². The van der Waals surface area contributed by atoms with Crippen LogP contribution in [0.5, 0.6) is 0 Å². The third-order valence-corrected chi connectivity index (χ3v) is 4.77. The van der Waals surface area contributed by atoms with Gasteiger partial charge in [0.05, 0.1) is 6.67 Å². The average Bonchev–Trinajstić information content (AvgIpc) is 2.60. The summed E-state index contributed by atoms with van der Waals surface area (Å²) < 4.78 is 0. The van der Waals surface area contributed by atoms with E-state index in [0.29, 0.717) is 18.1 Å². The number of aryl methyl sites for hydroxylation is 2. The predicted molar refractivity (Wildman–Crippen MR) is 103 cm³/mol. The van der Waals surface area contributed by atoms with Crippen LogP contribution in [0.1, 0.15) is 29.2 Å². The van der Waals surface area contributed by atoms with Gasteiger partial charge in [-0.2, -0.15) is 0 Å². The van der Waals surface area contributed by atoms with Gasteiger partial charge in [-0.3, -0.25) is 14.9 Å². The van der Waals surface area contributed by atoms with Crippen molar-refractivity contribution in [2.24, 2.45) is 0 Å². The molecule has 5 nitrogen and oxygen atoms in total. The highest BCUT2D eigenvalue weighted by molar-refractivity contribution is 6.30. The molecule has 1 aliphatic rings. The molecule has 0 saturated carbocycles. The van der Waals surface area contributed by atoms with Crippen molar-refractivity contribution in [1.29, 1.82) is 0 Å². The van der Waals surface area contributed by atoms with E-state index in [2.05, 4.69) is 10.6 Å². The quantitative estimate of drug-likeness (QED) is 0.865. The smallest absolute Gasteiger partial charge is 0.244 e. The third kappa shape index (κ3) is 4.42. The molecule has 0 bridgehead atoms. The third-order valence-electron chi connectivity index (χ3n) is 4.52. The molecule has 1 fully saturated rings. The fourth-order valence-corrected chi connectivity index (χ4v) is 3.20. The molecular formula is C20H22ClN3O2. The summed E-state index contributed by atoms with van der Waals surface area (Å²) in [7, 11) is 0. The number of nitrogens with zero attached hydrogens (tertiary/aromatic N) is 1. The standard InChI is InChI=1S/C20H22ClN3O2/c1-13-3-8-17(14(2)9-13)23-19(25)11-24-12-22-18(10-20(24)26)15-4-6-16(21)7-5-15/h3-9,18,22H,10-12H2,1-2H3,(H,23,25). The van der Waals surface area contributed by atoms with E-state index >= 15 is 0 Å². The van der Waals surface area contributed by atoms with E-state index in [1.54, 1.807) is 0 Å². The van der Waals surface area contributed by atoms with Crippen LogP contribution in [0, 0.1) is 13.8 Å². The summed E-state index contributed by atoms with van der Waals surface area (Å²) in [5.41, 5.74) is 3.94. The van der Waals surface area contributed by atoms with Crippen LogP contribution < -0.4 is 10.6 Å². The lowest BCUT2D eigenvalue weighted by Crippen LogP contribution is -2.49. The zero-order chi connectivity index (χ0) is 18.7. The molecule has 136 valence electrons. The second-order valence-corrected chi connectivity index (χ2v) is 7.07. The number of rotatable bonds is 4. The lowest BCUT2D eigenvalue weighted by atomic mass is 10.0. The molecule has 0 aromatic heterocycles. The molecule has 1 aliphatic heterocycles. The van der Waals surface area contributed by atoms with E-state index in [1.165, 1.54) is 4.90 Å². The van der Waals surface area contributed by atoms with Crippen LogP contribution in [0.2, 0.25) is 5.02 Å². The first-order chi connectivity index (χ1) is 12.4. The van der Waals surface area contributed by atoms with Crippen LogP contribution in [0.15, 0.2) is 42.5 Å². The number of hydrogen-bond donors (Lipinski definition) is 2. The molecule has 0 aliphatic carbocycles.